The number of aliphatic hydroxyl groups is 1. The van der Waals surface area contributed by atoms with Gasteiger partial charge in [0.2, 0.25) is 0 Å². The van der Waals surface area contributed by atoms with Gasteiger partial charge in [-0.15, -0.1) is 11.3 Å². The number of carbonyl (C=O) groups excluding carboxylic acids is 2. The van der Waals surface area contributed by atoms with Crippen molar-refractivity contribution in [3.05, 3.63) is 94.2 Å². The molecule has 4 nitrogen and oxygen atoms in total. The number of ketones is 1. The predicted octanol–water partition coefficient (Wildman–Crippen LogP) is 4.44. The van der Waals surface area contributed by atoms with Crippen molar-refractivity contribution in [3.63, 3.8) is 0 Å². The van der Waals surface area contributed by atoms with Crippen molar-refractivity contribution >= 4 is 23.1 Å². The van der Waals surface area contributed by atoms with Gasteiger partial charge in [0, 0.05) is 23.6 Å². The van der Waals surface area contributed by atoms with Crippen molar-refractivity contribution < 1.29 is 19.4 Å². The van der Waals surface area contributed by atoms with E-state index in [-0.39, 0.29) is 25.2 Å². The molecule has 1 N–H and O–H groups in total. The molecule has 3 aromatic rings. The second-order valence-corrected chi connectivity index (χ2v) is 8.38. The molecule has 1 heterocycles. The molecule has 0 radical (unpaired) electrons. The molecule has 1 saturated carbocycles. The highest BCUT2D eigenvalue weighted by molar-refractivity contribution is 7.10. The van der Waals surface area contributed by atoms with E-state index >= 15 is 0 Å². The predicted molar refractivity (Wildman–Crippen MR) is 111 cm³/mol. The van der Waals surface area contributed by atoms with E-state index in [0.29, 0.717) is 5.56 Å². The molecule has 1 aliphatic rings. The molecule has 4 rings (SSSR count). The lowest BCUT2D eigenvalue weighted by Crippen LogP contribution is -2.49. The summed E-state index contributed by atoms with van der Waals surface area (Å²) in [5.74, 6) is -1.80. The summed E-state index contributed by atoms with van der Waals surface area (Å²) in [6, 6.07) is 22.2. The zero-order valence-corrected chi connectivity index (χ0v) is 16.7. The Kier molecular flexibility index (Phi) is 5.60. The minimum Gasteiger partial charge on any atom is -0.460 e. The summed E-state index contributed by atoms with van der Waals surface area (Å²) < 4.78 is 5.64. The van der Waals surface area contributed by atoms with Crippen LogP contribution in [0.5, 0.6) is 0 Å². The molecule has 0 spiro atoms. The molecule has 1 fully saturated rings. The average molecular weight is 407 g/mol. The second-order valence-electron chi connectivity index (χ2n) is 7.40. The SMILES string of the molecule is O=C1C[C@@H](c2cccs2)[C@H](C(=O)OCc2ccccc2)[C@@](O)(c2ccccc2)C1. The molecule has 1 aliphatic carbocycles. The first-order chi connectivity index (χ1) is 14.1. The number of esters is 1. The number of Topliss-reactive ketones (excluding diaryl/α,β-unsaturated/α-hetero) is 1. The van der Waals surface area contributed by atoms with Crippen molar-refractivity contribution in [2.75, 3.05) is 0 Å². The summed E-state index contributed by atoms with van der Waals surface area (Å²) in [4.78, 5) is 26.8. The maximum atomic E-state index is 13.3. The van der Waals surface area contributed by atoms with Crippen LogP contribution >= 0.6 is 11.3 Å². The van der Waals surface area contributed by atoms with Gasteiger partial charge in [-0.05, 0) is 22.6 Å². The molecule has 0 bridgehead atoms. The van der Waals surface area contributed by atoms with Crippen molar-refractivity contribution in [1.29, 1.82) is 0 Å². The van der Waals surface area contributed by atoms with Gasteiger partial charge in [0.25, 0.3) is 0 Å². The Morgan fingerprint density at radius 1 is 1.03 bits per heavy atom. The monoisotopic (exact) mass is 406 g/mol. The topological polar surface area (TPSA) is 63.6 Å². The standard InChI is InChI=1S/C24H22O4S/c25-19-14-20(21-12-7-13-29-21)22(23(26)28-16-17-8-3-1-4-9-17)24(27,15-19)18-10-5-2-6-11-18/h1-13,20,22,27H,14-16H2/t20-,22+,24-/m0/s1. The first kappa shape index (κ1) is 19.6. The van der Waals surface area contributed by atoms with Gasteiger partial charge in [-0.2, -0.15) is 0 Å². The Morgan fingerprint density at radius 2 is 1.72 bits per heavy atom. The molecular formula is C24H22O4S. The van der Waals surface area contributed by atoms with Crippen LogP contribution in [0, 0.1) is 5.92 Å². The van der Waals surface area contributed by atoms with Crippen LogP contribution in [0.4, 0.5) is 0 Å². The highest BCUT2D eigenvalue weighted by atomic mass is 32.1. The third-order valence-corrected chi connectivity index (χ3v) is 6.50. The Morgan fingerprint density at radius 3 is 2.38 bits per heavy atom. The van der Waals surface area contributed by atoms with Crippen LogP contribution in [0.1, 0.15) is 34.8 Å². The summed E-state index contributed by atoms with van der Waals surface area (Å²) in [6.45, 7) is 0.131. The number of hydrogen-bond acceptors (Lipinski definition) is 5. The molecule has 1 aromatic heterocycles. The van der Waals surface area contributed by atoms with Gasteiger partial charge in [-0.1, -0.05) is 66.7 Å². The van der Waals surface area contributed by atoms with Crippen LogP contribution in [0.2, 0.25) is 0 Å². The fourth-order valence-electron chi connectivity index (χ4n) is 4.13. The molecule has 148 valence electrons. The van der Waals surface area contributed by atoms with E-state index in [1.165, 1.54) is 11.3 Å². The summed E-state index contributed by atoms with van der Waals surface area (Å²) in [6.07, 6.45) is 0.130. The number of benzene rings is 2. The van der Waals surface area contributed by atoms with E-state index in [9.17, 15) is 14.7 Å². The van der Waals surface area contributed by atoms with E-state index in [1.54, 1.807) is 24.3 Å². The van der Waals surface area contributed by atoms with Crippen LogP contribution in [0.25, 0.3) is 0 Å². The molecule has 2 aromatic carbocycles. The summed E-state index contributed by atoms with van der Waals surface area (Å²) >= 11 is 1.49. The highest BCUT2D eigenvalue weighted by Gasteiger charge is 2.53. The van der Waals surface area contributed by atoms with Crippen molar-refractivity contribution in [2.24, 2.45) is 5.92 Å². The van der Waals surface area contributed by atoms with Crippen molar-refractivity contribution in [2.45, 2.75) is 31.0 Å². The summed E-state index contributed by atoms with van der Waals surface area (Å²) in [5.41, 5.74) is -0.154. The summed E-state index contributed by atoms with van der Waals surface area (Å²) in [5, 5.41) is 13.6. The van der Waals surface area contributed by atoms with E-state index in [0.717, 1.165) is 10.4 Å². The highest BCUT2D eigenvalue weighted by Crippen LogP contribution is 2.49. The molecule has 29 heavy (non-hydrogen) atoms. The van der Waals surface area contributed by atoms with Gasteiger partial charge in [0.05, 0.1) is 5.92 Å². The molecule has 3 atom stereocenters. The number of rotatable bonds is 5. The van der Waals surface area contributed by atoms with Crippen LogP contribution in [0.3, 0.4) is 0 Å². The molecular weight excluding hydrogens is 384 g/mol. The largest absolute Gasteiger partial charge is 0.460 e. The van der Waals surface area contributed by atoms with Gasteiger partial charge in [-0.25, -0.2) is 0 Å². The number of thiophene rings is 1. The Labute approximate surface area is 173 Å². The third-order valence-electron chi connectivity index (χ3n) is 5.49. The lowest BCUT2D eigenvalue weighted by atomic mass is 9.65. The average Bonchev–Trinajstić information content (AvgIpc) is 3.28. The fraction of sp³-hybridized carbons (Fsp3) is 0.250. The Hall–Kier alpha value is -2.76. The number of carbonyl (C=O) groups is 2. The fourth-order valence-corrected chi connectivity index (χ4v) is 5.00. The van der Waals surface area contributed by atoms with Crippen LogP contribution in [-0.4, -0.2) is 16.9 Å². The van der Waals surface area contributed by atoms with Crippen LogP contribution in [-0.2, 0) is 26.5 Å². The molecule has 5 heteroatoms. The van der Waals surface area contributed by atoms with E-state index in [1.807, 2.05) is 53.9 Å². The zero-order valence-electron chi connectivity index (χ0n) is 15.9. The molecule has 0 amide bonds. The molecule has 0 unspecified atom stereocenters. The van der Waals surface area contributed by atoms with E-state index in [4.69, 9.17) is 4.74 Å². The van der Waals surface area contributed by atoms with Crippen molar-refractivity contribution in [3.8, 4) is 0 Å². The van der Waals surface area contributed by atoms with Gasteiger partial charge in [0.1, 0.15) is 18.0 Å². The van der Waals surface area contributed by atoms with Crippen LogP contribution in [0.15, 0.2) is 78.2 Å². The normalized spacial score (nSPS) is 24.2. The molecule has 0 aliphatic heterocycles. The number of hydrogen-bond donors (Lipinski definition) is 1. The maximum absolute atomic E-state index is 13.3. The lowest BCUT2D eigenvalue weighted by Gasteiger charge is -2.42. The Bertz CT molecular complexity index is 969. The molecule has 0 saturated heterocycles. The summed E-state index contributed by atoms with van der Waals surface area (Å²) in [7, 11) is 0. The second kappa shape index (κ2) is 8.31. The minimum atomic E-state index is -1.60. The van der Waals surface area contributed by atoms with Gasteiger partial charge >= 0.3 is 5.97 Å². The zero-order chi connectivity index (χ0) is 20.3. The number of ether oxygens (including phenoxy) is 1. The smallest absolute Gasteiger partial charge is 0.313 e. The lowest BCUT2D eigenvalue weighted by molar-refractivity contribution is -0.169. The van der Waals surface area contributed by atoms with Gasteiger partial charge < -0.3 is 9.84 Å². The first-order valence-corrected chi connectivity index (χ1v) is 10.5. The maximum Gasteiger partial charge on any atom is 0.313 e. The van der Waals surface area contributed by atoms with Crippen LogP contribution < -0.4 is 0 Å². The third kappa shape index (κ3) is 4.02. The van der Waals surface area contributed by atoms with Crippen molar-refractivity contribution in [1.82, 2.24) is 0 Å². The van der Waals surface area contributed by atoms with Gasteiger partial charge in [-0.3, -0.25) is 9.59 Å². The quantitative estimate of drug-likeness (QED) is 0.636. The Balaban J connectivity index is 1.70. The van der Waals surface area contributed by atoms with E-state index in [2.05, 4.69) is 0 Å². The first-order valence-electron chi connectivity index (χ1n) is 9.61. The minimum absolute atomic E-state index is 0.0538. The van der Waals surface area contributed by atoms with E-state index < -0.39 is 23.4 Å². The van der Waals surface area contributed by atoms with Gasteiger partial charge in [0.15, 0.2) is 0 Å².